The minimum atomic E-state index is -4.75. The van der Waals surface area contributed by atoms with Crippen molar-refractivity contribution in [2.24, 2.45) is 0 Å². The Morgan fingerprint density at radius 2 is 1.91 bits per heavy atom. The molecule has 0 unspecified atom stereocenters. The fourth-order valence-corrected chi connectivity index (χ4v) is 7.97. The topological polar surface area (TPSA) is 121 Å². The molecule has 2 aliphatic rings. The standard InChI is InChI=1S/C30H29F5N6O4S/c1-17-5-6-19(23(13-25(42)43)22-8-11-40-26(18(22)2)37-38-28(40)30(33,34)35)12-20(17)14-39-15-21-7-9-29(31,32)16-41(21)27-24(46(39,44)45)4-3-10-36-27/h3-6,8,10-12,21,23H,7,9,13-16H2,1-2H3,(H,42,43)/t21-,23+/m0/s1. The van der Waals surface area contributed by atoms with Crippen molar-refractivity contribution in [2.45, 2.75) is 68.6 Å². The number of aliphatic carboxylic acids is 1. The second-order valence-electron chi connectivity index (χ2n) is 11.7. The molecule has 1 N–H and O–H groups in total. The number of anilines is 1. The number of hydrogen-bond donors (Lipinski definition) is 1. The van der Waals surface area contributed by atoms with E-state index in [1.165, 1.54) is 40.5 Å². The number of fused-ring (bicyclic) bond motifs is 4. The van der Waals surface area contributed by atoms with Gasteiger partial charge in [0, 0.05) is 43.9 Å². The highest BCUT2D eigenvalue weighted by Gasteiger charge is 2.46. The number of nitrogens with zero attached hydrogens (tertiary/aromatic N) is 6. The van der Waals surface area contributed by atoms with Gasteiger partial charge in [-0.3, -0.25) is 9.20 Å². The molecule has 244 valence electrons. The molecule has 4 aromatic rings. The Labute approximate surface area is 260 Å². The van der Waals surface area contributed by atoms with E-state index < -0.39 is 65.3 Å². The summed E-state index contributed by atoms with van der Waals surface area (Å²) in [6, 6.07) is 8.75. The average molecular weight is 665 g/mol. The molecule has 0 radical (unpaired) electrons. The number of carboxylic acid groups (broad SMARTS) is 1. The van der Waals surface area contributed by atoms with Crippen molar-refractivity contribution >= 4 is 27.5 Å². The van der Waals surface area contributed by atoms with Crippen LogP contribution < -0.4 is 4.90 Å². The van der Waals surface area contributed by atoms with Gasteiger partial charge in [0.1, 0.15) is 10.7 Å². The third-order valence-electron chi connectivity index (χ3n) is 8.74. The maximum atomic E-state index is 14.5. The van der Waals surface area contributed by atoms with Crippen LogP contribution in [0.1, 0.15) is 58.8 Å². The Morgan fingerprint density at radius 3 is 2.63 bits per heavy atom. The SMILES string of the molecule is Cc1ccc([C@@H](CC(=O)O)c2ccn3c(C(F)(F)F)nnc3c2C)cc1CN1C[C@@H]2CCC(F)(F)CN2c2ncccc2S1(=O)=O. The molecule has 5 heterocycles. The normalized spacial score (nSPS) is 20.2. The first kappa shape index (κ1) is 31.8. The van der Waals surface area contributed by atoms with Gasteiger partial charge in [0.2, 0.25) is 15.8 Å². The summed E-state index contributed by atoms with van der Waals surface area (Å²) in [6.45, 7) is 2.45. The number of carboxylic acids is 1. The number of carbonyl (C=O) groups is 1. The highest BCUT2D eigenvalue weighted by molar-refractivity contribution is 7.89. The number of piperidine rings is 1. The number of sulfonamides is 1. The molecule has 10 nitrogen and oxygen atoms in total. The summed E-state index contributed by atoms with van der Waals surface area (Å²) in [4.78, 5) is 17.4. The van der Waals surface area contributed by atoms with E-state index in [0.29, 0.717) is 27.8 Å². The largest absolute Gasteiger partial charge is 0.481 e. The number of aromatic nitrogens is 4. The Balaban J connectivity index is 1.40. The van der Waals surface area contributed by atoms with Gasteiger partial charge in [-0.05, 0) is 66.3 Å². The molecule has 6 rings (SSSR count). The van der Waals surface area contributed by atoms with Gasteiger partial charge in [0.05, 0.1) is 13.0 Å². The van der Waals surface area contributed by atoms with Crippen LogP contribution in [0.3, 0.4) is 0 Å². The zero-order valence-electron chi connectivity index (χ0n) is 24.7. The smallest absolute Gasteiger partial charge is 0.452 e. The van der Waals surface area contributed by atoms with Gasteiger partial charge in [-0.25, -0.2) is 22.2 Å². The predicted molar refractivity (Wildman–Crippen MR) is 155 cm³/mol. The number of rotatable bonds is 6. The van der Waals surface area contributed by atoms with Crippen molar-refractivity contribution in [1.82, 2.24) is 23.9 Å². The molecule has 0 bridgehead atoms. The number of alkyl halides is 5. The van der Waals surface area contributed by atoms with E-state index in [1.807, 2.05) is 0 Å². The van der Waals surface area contributed by atoms with Crippen LogP contribution in [0.25, 0.3) is 5.65 Å². The molecule has 1 aromatic carbocycles. The van der Waals surface area contributed by atoms with Gasteiger partial charge in [0.15, 0.2) is 5.65 Å². The Hall–Kier alpha value is -4.18. The van der Waals surface area contributed by atoms with Crippen molar-refractivity contribution in [3.05, 3.63) is 82.4 Å². The molecular formula is C30H29F5N6O4S. The zero-order valence-corrected chi connectivity index (χ0v) is 25.5. The summed E-state index contributed by atoms with van der Waals surface area (Å²) in [5.41, 5.74) is 2.42. The molecule has 3 aromatic heterocycles. The van der Waals surface area contributed by atoms with Gasteiger partial charge in [-0.1, -0.05) is 18.2 Å². The lowest BCUT2D eigenvalue weighted by Gasteiger charge is -2.40. The summed E-state index contributed by atoms with van der Waals surface area (Å²) < 4.78 is 99.3. The first-order valence-corrected chi connectivity index (χ1v) is 15.8. The molecule has 46 heavy (non-hydrogen) atoms. The third-order valence-corrected chi connectivity index (χ3v) is 10.6. The van der Waals surface area contributed by atoms with Gasteiger partial charge >= 0.3 is 12.1 Å². The van der Waals surface area contributed by atoms with Gasteiger partial charge < -0.3 is 10.0 Å². The van der Waals surface area contributed by atoms with Crippen molar-refractivity contribution in [3.63, 3.8) is 0 Å². The van der Waals surface area contributed by atoms with E-state index in [4.69, 9.17) is 0 Å². The van der Waals surface area contributed by atoms with E-state index in [2.05, 4.69) is 15.2 Å². The van der Waals surface area contributed by atoms with Gasteiger partial charge in [-0.15, -0.1) is 10.2 Å². The monoisotopic (exact) mass is 664 g/mol. The van der Waals surface area contributed by atoms with Crippen LogP contribution in [0.4, 0.5) is 27.8 Å². The fraction of sp³-hybridized carbons (Fsp3) is 0.400. The first-order valence-electron chi connectivity index (χ1n) is 14.4. The van der Waals surface area contributed by atoms with E-state index in [1.54, 1.807) is 25.1 Å². The molecule has 1 fully saturated rings. The summed E-state index contributed by atoms with van der Waals surface area (Å²) in [7, 11) is -4.19. The molecule has 2 atom stereocenters. The summed E-state index contributed by atoms with van der Waals surface area (Å²) >= 11 is 0. The van der Waals surface area contributed by atoms with Crippen molar-refractivity contribution < 1.29 is 40.3 Å². The third kappa shape index (κ3) is 5.68. The molecule has 0 saturated carbocycles. The average Bonchev–Trinajstić information content (AvgIpc) is 3.40. The highest BCUT2D eigenvalue weighted by atomic mass is 32.2. The number of hydrogen-bond acceptors (Lipinski definition) is 7. The minimum Gasteiger partial charge on any atom is -0.481 e. The van der Waals surface area contributed by atoms with E-state index in [9.17, 15) is 40.3 Å². The number of pyridine rings is 2. The van der Waals surface area contributed by atoms with E-state index >= 15 is 0 Å². The second-order valence-corrected chi connectivity index (χ2v) is 13.7. The van der Waals surface area contributed by atoms with Crippen molar-refractivity contribution in [2.75, 3.05) is 18.0 Å². The Kier molecular flexibility index (Phi) is 7.78. The van der Waals surface area contributed by atoms with E-state index in [0.717, 1.165) is 10.6 Å². The van der Waals surface area contributed by atoms with Gasteiger partial charge in [0.25, 0.3) is 5.92 Å². The van der Waals surface area contributed by atoms with Crippen LogP contribution >= 0.6 is 0 Å². The zero-order chi connectivity index (χ0) is 33.2. The molecule has 0 spiro atoms. The van der Waals surface area contributed by atoms with Gasteiger partial charge in [-0.2, -0.15) is 17.5 Å². The second kappa shape index (κ2) is 11.3. The molecule has 1 saturated heterocycles. The van der Waals surface area contributed by atoms with Crippen LogP contribution in [-0.4, -0.2) is 68.4 Å². The maximum absolute atomic E-state index is 14.5. The quantitative estimate of drug-likeness (QED) is 0.280. The van der Waals surface area contributed by atoms with Crippen molar-refractivity contribution in [3.8, 4) is 0 Å². The lowest BCUT2D eigenvalue weighted by Crippen LogP contribution is -2.52. The first-order chi connectivity index (χ1) is 21.6. The molecule has 2 aliphatic heterocycles. The van der Waals surface area contributed by atoms with Crippen molar-refractivity contribution in [1.29, 1.82) is 0 Å². The molecular weight excluding hydrogens is 635 g/mol. The predicted octanol–water partition coefficient (Wildman–Crippen LogP) is 5.18. The summed E-state index contributed by atoms with van der Waals surface area (Å²) in [5.74, 6) is -6.21. The van der Waals surface area contributed by atoms with Crippen LogP contribution in [-0.2, 0) is 27.5 Å². The minimum absolute atomic E-state index is 0.0191. The summed E-state index contributed by atoms with van der Waals surface area (Å²) in [5, 5.41) is 16.8. The van der Waals surface area contributed by atoms with Crippen LogP contribution in [0.5, 0.6) is 0 Å². The van der Waals surface area contributed by atoms with Crippen LogP contribution in [0.2, 0.25) is 0 Å². The maximum Gasteiger partial charge on any atom is 0.452 e. The Bertz CT molecular complexity index is 1950. The lowest BCUT2D eigenvalue weighted by atomic mass is 9.85. The molecule has 16 heteroatoms. The van der Waals surface area contributed by atoms with E-state index in [-0.39, 0.29) is 35.9 Å². The fourth-order valence-electron chi connectivity index (χ4n) is 6.37. The number of aryl methyl sites for hydroxylation is 2. The Morgan fingerprint density at radius 1 is 1.15 bits per heavy atom. The highest BCUT2D eigenvalue weighted by Crippen LogP contribution is 2.40. The van der Waals surface area contributed by atoms with Crippen LogP contribution in [0.15, 0.2) is 53.7 Å². The number of benzene rings is 1. The molecule has 0 aliphatic carbocycles. The summed E-state index contributed by atoms with van der Waals surface area (Å²) in [6.07, 6.45) is -2.98. The van der Waals surface area contributed by atoms with Crippen LogP contribution in [0, 0.1) is 13.8 Å². The lowest BCUT2D eigenvalue weighted by molar-refractivity contribution is -0.145. The number of halogens is 5. The molecule has 0 amide bonds.